The molecule has 0 heterocycles. The third-order valence-electron chi connectivity index (χ3n) is 3.38. The van der Waals surface area contributed by atoms with Gasteiger partial charge in [0.15, 0.2) is 0 Å². The van der Waals surface area contributed by atoms with Crippen LogP contribution in [-0.4, -0.2) is 24.9 Å². The summed E-state index contributed by atoms with van der Waals surface area (Å²) in [5, 5.41) is 12.9. The Balaban J connectivity index is 1.97. The SMILES string of the molecule is COc1ccc(Br)c(CNC(CO)Cc2ccccc2)c1. The molecule has 0 aliphatic heterocycles. The third kappa shape index (κ3) is 4.84. The van der Waals surface area contributed by atoms with Gasteiger partial charge < -0.3 is 15.2 Å². The van der Waals surface area contributed by atoms with Gasteiger partial charge in [0.05, 0.1) is 13.7 Å². The Labute approximate surface area is 134 Å². The standard InChI is InChI=1S/C17H20BrNO2/c1-21-16-7-8-17(18)14(10-16)11-19-15(12-20)9-13-5-3-2-4-6-13/h2-8,10,15,19-20H,9,11-12H2,1H3. The molecule has 0 amide bonds. The van der Waals surface area contributed by atoms with Gasteiger partial charge in [0.1, 0.15) is 5.75 Å². The van der Waals surface area contributed by atoms with Crippen LogP contribution in [0.3, 0.4) is 0 Å². The summed E-state index contributed by atoms with van der Waals surface area (Å²) in [6.45, 7) is 0.784. The van der Waals surface area contributed by atoms with Crippen LogP contribution in [-0.2, 0) is 13.0 Å². The summed E-state index contributed by atoms with van der Waals surface area (Å²) in [5.74, 6) is 0.832. The summed E-state index contributed by atoms with van der Waals surface area (Å²) in [6, 6.07) is 16.1. The molecule has 2 aromatic carbocycles. The zero-order valence-corrected chi connectivity index (χ0v) is 13.6. The molecule has 1 atom stereocenters. The molecule has 2 N–H and O–H groups in total. The van der Waals surface area contributed by atoms with Crippen molar-refractivity contribution in [3.05, 3.63) is 64.1 Å². The third-order valence-corrected chi connectivity index (χ3v) is 4.15. The van der Waals surface area contributed by atoms with Crippen molar-refractivity contribution in [2.75, 3.05) is 13.7 Å². The van der Waals surface area contributed by atoms with E-state index in [1.165, 1.54) is 5.56 Å². The number of ether oxygens (including phenoxy) is 1. The Bertz CT molecular complexity index is 560. The molecule has 0 saturated heterocycles. The maximum Gasteiger partial charge on any atom is 0.119 e. The number of rotatable bonds is 7. The molecule has 0 spiro atoms. The average Bonchev–Trinajstić information content (AvgIpc) is 2.53. The van der Waals surface area contributed by atoms with Gasteiger partial charge >= 0.3 is 0 Å². The molecule has 4 heteroatoms. The second-order valence-electron chi connectivity index (χ2n) is 4.91. The van der Waals surface area contributed by atoms with Gasteiger partial charge in [0.2, 0.25) is 0 Å². The molecule has 0 saturated carbocycles. The lowest BCUT2D eigenvalue weighted by Gasteiger charge is -2.17. The van der Waals surface area contributed by atoms with Crippen LogP contribution in [0.15, 0.2) is 53.0 Å². The smallest absolute Gasteiger partial charge is 0.119 e. The van der Waals surface area contributed by atoms with E-state index in [1.807, 2.05) is 36.4 Å². The van der Waals surface area contributed by atoms with Crippen LogP contribution in [0, 0.1) is 0 Å². The molecule has 0 radical (unpaired) electrons. The van der Waals surface area contributed by atoms with E-state index in [-0.39, 0.29) is 12.6 Å². The lowest BCUT2D eigenvalue weighted by atomic mass is 10.1. The van der Waals surface area contributed by atoms with Crippen molar-refractivity contribution < 1.29 is 9.84 Å². The summed E-state index contributed by atoms with van der Waals surface area (Å²) in [5.41, 5.74) is 2.33. The zero-order chi connectivity index (χ0) is 15.1. The highest BCUT2D eigenvalue weighted by molar-refractivity contribution is 9.10. The molecule has 1 unspecified atom stereocenters. The van der Waals surface area contributed by atoms with E-state index in [2.05, 4.69) is 33.4 Å². The van der Waals surface area contributed by atoms with Crippen molar-refractivity contribution in [2.45, 2.75) is 19.0 Å². The number of methoxy groups -OCH3 is 1. The van der Waals surface area contributed by atoms with Gasteiger partial charge in [0.25, 0.3) is 0 Å². The summed E-state index contributed by atoms with van der Waals surface area (Å²) < 4.78 is 6.28. The van der Waals surface area contributed by atoms with Crippen molar-refractivity contribution in [1.29, 1.82) is 0 Å². The van der Waals surface area contributed by atoms with Crippen LogP contribution in [0.2, 0.25) is 0 Å². The summed E-state index contributed by atoms with van der Waals surface area (Å²) in [6.07, 6.45) is 0.804. The van der Waals surface area contributed by atoms with Crippen molar-refractivity contribution in [1.82, 2.24) is 5.32 Å². The highest BCUT2D eigenvalue weighted by Gasteiger charge is 2.09. The van der Waals surface area contributed by atoms with E-state index in [0.29, 0.717) is 6.54 Å². The Morgan fingerprint density at radius 3 is 2.62 bits per heavy atom. The van der Waals surface area contributed by atoms with Gasteiger partial charge in [-0.05, 0) is 35.7 Å². The van der Waals surface area contributed by atoms with Gasteiger partial charge in [0, 0.05) is 17.1 Å². The summed E-state index contributed by atoms with van der Waals surface area (Å²) in [7, 11) is 1.66. The first kappa shape index (κ1) is 16.0. The molecular weight excluding hydrogens is 330 g/mol. The van der Waals surface area contributed by atoms with E-state index < -0.39 is 0 Å². The quantitative estimate of drug-likeness (QED) is 0.806. The first-order valence-corrected chi connectivity index (χ1v) is 7.73. The minimum atomic E-state index is 0.0329. The first-order valence-electron chi connectivity index (χ1n) is 6.93. The summed E-state index contributed by atoms with van der Waals surface area (Å²) >= 11 is 3.54. The van der Waals surface area contributed by atoms with Crippen LogP contribution in [0.1, 0.15) is 11.1 Å². The van der Waals surface area contributed by atoms with Gasteiger partial charge in [-0.15, -0.1) is 0 Å². The molecule has 21 heavy (non-hydrogen) atoms. The lowest BCUT2D eigenvalue weighted by Crippen LogP contribution is -2.34. The fourth-order valence-corrected chi connectivity index (χ4v) is 2.55. The number of benzene rings is 2. The Morgan fingerprint density at radius 1 is 1.19 bits per heavy atom. The van der Waals surface area contributed by atoms with E-state index in [4.69, 9.17) is 4.74 Å². The van der Waals surface area contributed by atoms with Crippen LogP contribution in [0.5, 0.6) is 5.75 Å². The molecule has 3 nitrogen and oxygen atoms in total. The fraction of sp³-hybridized carbons (Fsp3) is 0.294. The average molecular weight is 350 g/mol. The van der Waals surface area contributed by atoms with Crippen molar-refractivity contribution in [3.8, 4) is 5.75 Å². The molecule has 0 fully saturated rings. The molecule has 0 aliphatic carbocycles. The van der Waals surface area contributed by atoms with Crippen LogP contribution < -0.4 is 10.1 Å². The highest BCUT2D eigenvalue weighted by atomic mass is 79.9. The maximum atomic E-state index is 9.54. The largest absolute Gasteiger partial charge is 0.497 e. The molecule has 112 valence electrons. The normalized spacial score (nSPS) is 12.1. The minimum Gasteiger partial charge on any atom is -0.497 e. The Kier molecular flexibility index (Phi) is 6.23. The number of aliphatic hydroxyl groups excluding tert-OH is 1. The van der Waals surface area contributed by atoms with Gasteiger partial charge in [-0.1, -0.05) is 46.3 Å². The molecule has 2 rings (SSSR count). The number of hydrogen-bond acceptors (Lipinski definition) is 3. The molecule has 0 aromatic heterocycles. The topological polar surface area (TPSA) is 41.5 Å². The van der Waals surface area contributed by atoms with Crippen molar-refractivity contribution in [3.63, 3.8) is 0 Å². The molecule has 2 aromatic rings. The molecule has 0 aliphatic rings. The van der Waals surface area contributed by atoms with Gasteiger partial charge in [-0.3, -0.25) is 0 Å². The van der Waals surface area contributed by atoms with Crippen LogP contribution >= 0.6 is 15.9 Å². The van der Waals surface area contributed by atoms with Gasteiger partial charge in [-0.25, -0.2) is 0 Å². The Hall–Kier alpha value is -1.36. The van der Waals surface area contributed by atoms with E-state index >= 15 is 0 Å². The monoisotopic (exact) mass is 349 g/mol. The van der Waals surface area contributed by atoms with E-state index in [1.54, 1.807) is 7.11 Å². The maximum absolute atomic E-state index is 9.54. The van der Waals surface area contributed by atoms with Crippen molar-refractivity contribution >= 4 is 15.9 Å². The number of halogens is 1. The number of hydrogen-bond donors (Lipinski definition) is 2. The Morgan fingerprint density at radius 2 is 1.95 bits per heavy atom. The molecular formula is C17H20BrNO2. The number of aliphatic hydroxyl groups is 1. The van der Waals surface area contributed by atoms with E-state index in [0.717, 1.165) is 22.2 Å². The van der Waals surface area contributed by atoms with Crippen LogP contribution in [0.4, 0.5) is 0 Å². The minimum absolute atomic E-state index is 0.0329. The van der Waals surface area contributed by atoms with E-state index in [9.17, 15) is 5.11 Å². The predicted octanol–water partition coefficient (Wildman–Crippen LogP) is 3.15. The summed E-state index contributed by atoms with van der Waals surface area (Å²) in [4.78, 5) is 0. The van der Waals surface area contributed by atoms with Crippen LogP contribution in [0.25, 0.3) is 0 Å². The fourth-order valence-electron chi connectivity index (χ4n) is 2.17. The second kappa shape index (κ2) is 8.17. The van der Waals surface area contributed by atoms with Crippen molar-refractivity contribution in [2.24, 2.45) is 0 Å². The zero-order valence-electron chi connectivity index (χ0n) is 12.1. The highest BCUT2D eigenvalue weighted by Crippen LogP contribution is 2.22. The molecule has 0 bridgehead atoms. The van der Waals surface area contributed by atoms with Gasteiger partial charge in [-0.2, -0.15) is 0 Å². The first-order chi connectivity index (χ1) is 10.2. The number of nitrogens with one attached hydrogen (secondary N) is 1. The second-order valence-corrected chi connectivity index (χ2v) is 5.76. The predicted molar refractivity (Wildman–Crippen MR) is 88.6 cm³/mol. The lowest BCUT2D eigenvalue weighted by molar-refractivity contribution is 0.240.